The molecule has 0 saturated carbocycles. The third-order valence-corrected chi connectivity index (χ3v) is 2.20. The summed E-state index contributed by atoms with van der Waals surface area (Å²) in [6, 6.07) is 0. The Kier molecular flexibility index (Phi) is 14.0. The highest BCUT2D eigenvalue weighted by molar-refractivity contribution is 5.78. The zero-order chi connectivity index (χ0) is 14.2. The van der Waals surface area contributed by atoms with E-state index in [4.69, 9.17) is 19.7 Å². The minimum Gasteiger partial charge on any atom is -0.379 e. The normalized spacial score (nSPS) is 10.2. The number of azide groups is 1. The number of nitrogens with zero attached hydrogens (tertiary/aromatic N) is 3. The van der Waals surface area contributed by atoms with Crippen molar-refractivity contribution in [2.45, 2.75) is 26.2 Å². The third-order valence-electron chi connectivity index (χ3n) is 2.20. The monoisotopic (exact) mass is 273 g/mol. The molecule has 7 nitrogen and oxygen atoms in total. The molecule has 7 heteroatoms. The van der Waals surface area contributed by atoms with E-state index in [2.05, 4.69) is 10.0 Å². The van der Waals surface area contributed by atoms with Crippen molar-refractivity contribution in [1.82, 2.24) is 0 Å². The van der Waals surface area contributed by atoms with Crippen LogP contribution in [0.25, 0.3) is 10.4 Å². The summed E-state index contributed by atoms with van der Waals surface area (Å²) in [5.74, 6) is 0.247. The fourth-order valence-electron chi connectivity index (χ4n) is 1.28. The quantitative estimate of drug-likeness (QED) is 0.210. The van der Waals surface area contributed by atoms with Gasteiger partial charge in [0.05, 0.1) is 39.6 Å². The molecule has 0 radical (unpaired) electrons. The fourth-order valence-corrected chi connectivity index (χ4v) is 1.28. The average molecular weight is 273 g/mol. The van der Waals surface area contributed by atoms with Crippen LogP contribution in [0.4, 0.5) is 0 Å². The van der Waals surface area contributed by atoms with Crippen LogP contribution in [0.1, 0.15) is 26.2 Å². The molecule has 0 aromatic carbocycles. The predicted octanol–water partition coefficient (Wildman–Crippen LogP) is 2.11. The van der Waals surface area contributed by atoms with Crippen molar-refractivity contribution in [2.75, 3.05) is 46.2 Å². The molecule has 0 unspecified atom stereocenters. The first-order chi connectivity index (χ1) is 9.31. The Balaban J connectivity index is 3.06. The number of carbonyl (C=O) groups excluding carboxylic acids is 1. The largest absolute Gasteiger partial charge is 0.379 e. The number of hydrogen-bond acceptors (Lipinski definition) is 5. The van der Waals surface area contributed by atoms with Crippen LogP contribution in [-0.2, 0) is 19.0 Å². The van der Waals surface area contributed by atoms with Gasteiger partial charge in [-0.25, -0.2) is 0 Å². The van der Waals surface area contributed by atoms with E-state index in [1.807, 2.05) is 6.92 Å². The van der Waals surface area contributed by atoms with Gasteiger partial charge in [0, 0.05) is 24.3 Å². The van der Waals surface area contributed by atoms with Crippen LogP contribution in [0.3, 0.4) is 0 Å². The maximum Gasteiger partial charge on any atom is 0.135 e. The van der Waals surface area contributed by atoms with Gasteiger partial charge in [0.15, 0.2) is 0 Å². The SMILES string of the molecule is CCCC(=O)CCOCCOCCOCCN=[N+]=[N-]. The standard InChI is InChI=1S/C12H23N3O4/c1-2-3-12(16)4-6-17-8-10-19-11-9-18-7-5-14-15-13/h2-11H2,1H3. The second-order valence-corrected chi connectivity index (χ2v) is 3.83. The van der Waals surface area contributed by atoms with Crippen molar-refractivity contribution in [3.8, 4) is 0 Å². The first-order valence-corrected chi connectivity index (χ1v) is 6.57. The molecule has 0 aromatic heterocycles. The van der Waals surface area contributed by atoms with Gasteiger partial charge >= 0.3 is 0 Å². The maximum atomic E-state index is 11.2. The van der Waals surface area contributed by atoms with E-state index in [-0.39, 0.29) is 5.78 Å². The molecule has 0 atom stereocenters. The molecule has 0 rings (SSSR count). The molecule has 0 fully saturated rings. The van der Waals surface area contributed by atoms with E-state index in [1.54, 1.807) is 0 Å². The fraction of sp³-hybridized carbons (Fsp3) is 0.917. The lowest BCUT2D eigenvalue weighted by atomic mass is 10.2. The number of ketones is 1. The summed E-state index contributed by atoms with van der Waals surface area (Å²) >= 11 is 0. The Bertz CT molecular complexity index is 268. The van der Waals surface area contributed by atoms with Crippen LogP contribution in [0.2, 0.25) is 0 Å². The third kappa shape index (κ3) is 14.8. The Morgan fingerprint density at radius 2 is 1.58 bits per heavy atom. The lowest BCUT2D eigenvalue weighted by Crippen LogP contribution is -2.11. The molecule has 0 aliphatic heterocycles. The first kappa shape index (κ1) is 17.9. The van der Waals surface area contributed by atoms with Gasteiger partial charge in [-0.15, -0.1) is 0 Å². The summed E-state index contributed by atoms with van der Waals surface area (Å²) in [5.41, 5.74) is 8.02. The van der Waals surface area contributed by atoms with Gasteiger partial charge in [-0.3, -0.25) is 4.79 Å². The molecule has 19 heavy (non-hydrogen) atoms. The summed E-state index contributed by atoms with van der Waals surface area (Å²) in [6.45, 7) is 5.12. The van der Waals surface area contributed by atoms with Gasteiger partial charge in [0.1, 0.15) is 5.78 Å². The zero-order valence-electron chi connectivity index (χ0n) is 11.5. The maximum absolute atomic E-state index is 11.2. The van der Waals surface area contributed by atoms with Crippen molar-refractivity contribution in [2.24, 2.45) is 5.11 Å². The van der Waals surface area contributed by atoms with E-state index in [0.29, 0.717) is 59.0 Å². The molecule has 0 N–H and O–H groups in total. The van der Waals surface area contributed by atoms with Gasteiger partial charge in [0.2, 0.25) is 0 Å². The van der Waals surface area contributed by atoms with Gasteiger partial charge in [-0.1, -0.05) is 12.0 Å². The number of rotatable bonds is 14. The van der Waals surface area contributed by atoms with E-state index < -0.39 is 0 Å². The molecular weight excluding hydrogens is 250 g/mol. The predicted molar refractivity (Wildman–Crippen MR) is 71.0 cm³/mol. The Hall–Kier alpha value is -1.14. The lowest BCUT2D eigenvalue weighted by molar-refractivity contribution is -0.120. The van der Waals surface area contributed by atoms with Crippen LogP contribution in [0.15, 0.2) is 5.11 Å². The Morgan fingerprint density at radius 3 is 2.16 bits per heavy atom. The molecular formula is C12H23N3O4. The highest BCUT2D eigenvalue weighted by Crippen LogP contribution is 1.94. The zero-order valence-corrected chi connectivity index (χ0v) is 11.5. The molecule has 0 bridgehead atoms. The van der Waals surface area contributed by atoms with E-state index in [0.717, 1.165) is 6.42 Å². The summed E-state index contributed by atoms with van der Waals surface area (Å²) in [4.78, 5) is 13.8. The van der Waals surface area contributed by atoms with Gasteiger partial charge in [-0.05, 0) is 12.0 Å². The van der Waals surface area contributed by atoms with Crippen molar-refractivity contribution in [3.63, 3.8) is 0 Å². The van der Waals surface area contributed by atoms with Crippen LogP contribution in [0, 0.1) is 0 Å². The van der Waals surface area contributed by atoms with Gasteiger partial charge < -0.3 is 14.2 Å². The molecule has 0 aliphatic carbocycles. The first-order valence-electron chi connectivity index (χ1n) is 6.57. The van der Waals surface area contributed by atoms with Crippen LogP contribution < -0.4 is 0 Å². The topological polar surface area (TPSA) is 93.5 Å². The number of Topliss-reactive ketones (excluding diaryl/α,β-unsaturated/α-hetero) is 1. The lowest BCUT2D eigenvalue weighted by Gasteiger charge is -2.06. The van der Waals surface area contributed by atoms with Crippen LogP contribution in [0.5, 0.6) is 0 Å². The van der Waals surface area contributed by atoms with E-state index in [9.17, 15) is 4.79 Å². The minimum atomic E-state index is 0.247. The molecule has 0 aromatic rings. The molecule has 0 saturated heterocycles. The van der Waals surface area contributed by atoms with Crippen LogP contribution in [-0.4, -0.2) is 52.0 Å². The summed E-state index contributed by atoms with van der Waals surface area (Å²) < 4.78 is 15.7. The van der Waals surface area contributed by atoms with Gasteiger partial charge in [0.25, 0.3) is 0 Å². The highest BCUT2D eigenvalue weighted by Gasteiger charge is 1.99. The van der Waals surface area contributed by atoms with E-state index in [1.165, 1.54) is 0 Å². The molecule has 0 amide bonds. The Labute approximate surface area is 113 Å². The minimum absolute atomic E-state index is 0.247. The molecule has 0 aliphatic rings. The molecule has 0 spiro atoms. The van der Waals surface area contributed by atoms with Crippen molar-refractivity contribution in [1.29, 1.82) is 0 Å². The summed E-state index contributed by atoms with van der Waals surface area (Å²) in [6.07, 6.45) is 2.00. The molecule has 0 heterocycles. The number of carbonyl (C=O) groups is 1. The number of ether oxygens (including phenoxy) is 3. The van der Waals surface area contributed by atoms with Crippen molar-refractivity contribution >= 4 is 5.78 Å². The number of hydrogen-bond donors (Lipinski definition) is 0. The molecule has 110 valence electrons. The average Bonchev–Trinajstić information content (AvgIpc) is 2.40. The summed E-state index contributed by atoms with van der Waals surface area (Å²) in [5, 5.41) is 3.33. The smallest absolute Gasteiger partial charge is 0.135 e. The second kappa shape index (κ2) is 14.9. The van der Waals surface area contributed by atoms with E-state index >= 15 is 0 Å². The summed E-state index contributed by atoms with van der Waals surface area (Å²) in [7, 11) is 0. The van der Waals surface area contributed by atoms with Gasteiger partial charge in [-0.2, -0.15) is 0 Å². The highest BCUT2D eigenvalue weighted by atomic mass is 16.5. The Morgan fingerprint density at radius 1 is 1.00 bits per heavy atom. The second-order valence-electron chi connectivity index (χ2n) is 3.83. The van der Waals surface area contributed by atoms with Crippen molar-refractivity contribution in [3.05, 3.63) is 10.4 Å². The van der Waals surface area contributed by atoms with Crippen molar-refractivity contribution < 1.29 is 19.0 Å². The van der Waals surface area contributed by atoms with Crippen LogP contribution >= 0.6 is 0 Å².